The number of benzene rings is 1. The first-order valence-corrected chi connectivity index (χ1v) is 6.17. The van der Waals surface area contributed by atoms with Crippen molar-refractivity contribution in [1.82, 2.24) is 14.4 Å². The van der Waals surface area contributed by atoms with E-state index in [1.54, 1.807) is 23.0 Å². The first-order chi connectivity index (χ1) is 9.13. The van der Waals surface area contributed by atoms with E-state index in [0.29, 0.717) is 10.7 Å². The Hall–Kier alpha value is -2.15. The molecule has 2 aromatic heterocycles. The number of hydrogen-bond donors (Lipinski definition) is 1. The monoisotopic (exact) mass is 278 g/mol. The van der Waals surface area contributed by atoms with Gasteiger partial charge in [0.15, 0.2) is 5.65 Å². The van der Waals surface area contributed by atoms with Gasteiger partial charge in [-0.25, -0.2) is 18.7 Å². The summed E-state index contributed by atoms with van der Waals surface area (Å²) >= 11 is 0.987. The van der Waals surface area contributed by atoms with Gasteiger partial charge in [0, 0.05) is 12.4 Å². The van der Waals surface area contributed by atoms with E-state index in [0.717, 1.165) is 30.0 Å². The highest BCUT2D eigenvalue weighted by Gasteiger charge is 2.12. The summed E-state index contributed by atoms with van der Waals surface area (Å²) in [6, 6.07) is 3.26. The van der Waals surface area contributed by atoms with Crippen molar-refractivity contribution in [2.45, 2.75) is 9.92 Å². The maximum absolute atomic E-state index is 13.6. The van der Waals surface area contributed by atoms with Gasteiger partial charge >= 0.3 is 0 Å². The Balaban J connectivity index is 2.10. The summed E-state index contributed by atoms with van der Waals surface area (Å²) in [5.74, 6) is -0.739. The lowest BCUT2D eigenvalue weighted by Crippen LogP contribution is -1.97. The summed E-state index contributed by atoms with van der Waals surface area (Å²) in [7, 11) is 0. The molecule has 0 unspecified atom stereocenters. The standard InChI is InChI=1S/C12H8F2N4S/c13-7-1-2-8(14)9(5-7)19-12-11-16-3-4-18(11)6-10(15)17-12/h1-6H,15H2. The van der Waals surface area contributed by atoms with Crippen LogP contribution in [0.25, 0.3) is 5.65 Å². The number of halogens is 2. The van der Waals surface area contributed by atoms with E-state index in [1.807, 2.05) is 0 Å². The lowest BCUT2D eigenvalue weighted by Gasteiger charge is -2.05. The Morgan fingerprint density at radius 3 is 2.95 bits per heavy atom. The summed E-state index contributed by atoms with van der Waals surface area (Å²) < 4.78 is 28.4. The topological polar surface area (TPSA) is 56.2 Å². The van der Waals surface area contributed by atoms with E-state index in [9.17, 15) is 8.78 Å². The third kappa shape index (κ3) is 2.24. The molecule has 0 amide bonds. The molecule has 0 saturated heterocycles. The van der Waals surface area contributed by atoms with E-state index in [4.69, 9.17) is 5.73 Å². The van der Waals surface area contributed by atoms with Gasteiger partial charge in [0.05, 0.1) is 11.1 Å². The van der Waals surface area contributed by atoms with Crippen molar-refractivity contribution in [2.24, 2.45) is 0 Å². The van der Waals surface area contributed by atoms with E-state index in [2.05, 4.69) is 9.97 Å². The van der Waals surface area contributed by atoms with Gasteiger partial charge in [-0.2, -0.15) is 0 Å². The summed E-state index contributed by atoms with van der Waals surface area (Å²) in [6.45, 7) is 0. The second-order valence-electron chi connectivity index (χ2n) is 3.81. The van der Waals surface area contributed by atoms with E-state index < -0.39 is 11.6 Å². The predicted molar refractivity (Wildman–Crippen MR) is 67.9 cm³/mol. The van der Waals surface area contributed by atoms with Crippen LogP contribution in [-0.4, -0.2) is 14.4 Å². The van der Waals surface area contributed by atoms with Gasteiger partial charge in [-0.15, -0.1) is 0 Å². The molecule has 19 heavy (non-hydrogen) atoms. The third-order valence-corrected chi connectivity index (χ3v) is 3.46. The quantitative estimate of drug-likeness (QED) is 0.783. The number of aromatic nitrogens is 3. The first-order valence-electron chi connectivity index (χ1n) is 5.35. The molecular formula is C12H8F2N4S. The van der Waals surface area contributed by atoms with Crippen molar-refractivity contribution in [1.29, 1.82) is 0 Å². The fourth-order valence-corrected chi connectivity index (χ4v) is 2.60. The fraction of sp³-hybridized carbons (Fsp3) is 0. The zero-order chi connectivity index (χ0) is 13.4. The number of nitrogens with two attached hydrogens (primary N) is 1. The van der Waals surface area contributed by atoms with Crippen LogP contribution in [0, 0.1) is 11.6 Å². The second-order valence-corrected chi connectivity index (χ2v) is 4.84. The minimum absolute atomic E-state index is 0.142. The molecule has 3 rings (SSSR count). The van der Waals surface area contributed by atoms with Gasteiger partial charge in [0.2, 0.25) is 0 Å². The third-order valence-electron chi connectivity index (χ3n) is 2.46. The minimum atomic E-state index is -0.514. The van der Waals surface area contributed by atoms with Crippen molar-refractivity contribution in [3.05, 3.63) is 48.4 Å². The average Bonchev–Trinajstić information content (AvgIpc) is 2.82. The molecule has 3 aromatic rings. The number of nitrogens with zero attached hydrogens (tertiary/aromatic N) is 3. The van der Waals surface area contributed by atoms with Crippen molar-refractivity contribution in [2.75, 3.05) is 5.73 Å². The molecule has 7 heteroatoms. The second kappa shape index (κ2) is 4.51. The molecule has 0 aliphatic heterocycles. The van der Waals surface area contributed by atoms with Gasteiger partial charge in [0.25, 0.3) is 0 Å². The summed E-state index contributed by atoms with van der Waals surface area (Å²) in [5, 5.41) is 0.425. The number of fused-ring (bicyclic) bond motifs is 1. The van der Waals surface area contributed by atoms with Gasteiger partial charge < -0.3 is 10.1 Å². The Morgan fingerprint density at radius 2 is 2.11 bits per heavy atom. The maximum atomic E-state index is 13.6. The first kappa shape index (κ1) is 11.9. The number of hydrogen-bond acceptors (Lipinski definition) is 4. The van der Waals surface area contributed by atoms with Crippen molar-refractivity contribution in [3.8, 4) is 0 Å². The molecule has 0 fully saturated rings. The Kier molecular flexibility index (Phi) is 2.83. The zero-order valence-corrected chi connectivity index (χ0v) is 10.4. The highest BCUT2D eigenvalue weighted by atomic mass is 32.2. The molecule has 0 saturated carbocycles. The molecule has 1 aromatic carbocycles. The van der Waals surface area contributed by atoms with Gasteiger partial charge in [-0.05, 0) is 18.2 Å². The maximum Gasteiger partial charge on any atom is 0.170 e. The normalized spacial score (nSPS) is 11.1. The van der Waals surface area contributed by atoms with Crippen molar-refractivity contribution < 1.29 is 8.78 Å². The molecular weight excluding hydrogens is 270 g/mol. The van der Waals surface area contributed by atoms with E-state index in [1.165, 1.54) is 0 Å². The molecule has 0 bridgehead atoms. The molecule has 4 nitrogen and oxygen atoms in total. The van der Waals surface area contributed by atoms with Crippen LogP contribution in [0.4, 0.5) is 14.6 Å². The highest BCUT2D eigenvalue weighted by molar-refractivity contribution is 7.99. The Labute approximate surface area is 111 Å². The van der Waals surface area contributed by atoms with Crippen molar-refractivity contribution >= 4 is 23.2 Å². The predicted octanol–water partition coefficient (Wildman–Crippen LogP) is 2.74. The van der Waals surface area contributed by atoms with Crippen molar-refractivity contribution in [3.63, 3.8) is 0 Å². The number of anilines is 1. The molecule has 0 aliphatic rings. The zero-order valence-electron chi connectivity index (χ0n) is 9.55. The van der Waals surface area contributed by atoms with Gasteiger partial charge in [0.1, 0.15) is 22.5 Å². The largest absolute Gasteiger partial charge is 0.382 e. The van der Waals surface area contributed by atoms with Crippen LogP contribution in [0.1, 0.15) is 0 Å². The van der Waals surface area contributed by atoms with Gasteiger partial charge in [-0.1, -0.05) is 11.8 Å². The van der Waals surface area contributed by atoms with Crippen LogP contribution in [-0.2, 0) is 0 Å². The van der Waals surface area contributed by atoms with E-state index >= 15 is 0 Å². The Bertz CT molecular complexity index is 757. The van der Waals surface area contributed by atoms with Crippen LogP contribution in [0.3, 0.4) is 0 Å². The SMILES string of the molecule is Nc1cn2ccnc2c(Sc2cc(F)ccc2F)n1. The number of nitrogen functional groups attached to an aromatic ring is 1. The van der Waals surface area contributed by atoms with Gasteiger partial charge in [-0.3, -0.25) is 0 Å². The van der Waals surface area contributed by atoms with Crippen LogP contribution >= 0.6 is 11.8 Å². The van der Waals surface area contributed by atoms with Crippen LogP contribution in [0.5, 0.6) is 0 Å². The fourth-order valence-electron chi connectivity index (χ4n) is 1.65. The smallest absolute Gasteiger partial charge is 0.170 e. The molecule has 2 N–H and O–H groups in total. The minimum Gasteiger partial charge on any atom is -0.382 e. The Morgan fingerprint density at radius 1 is 1.26 bits per heavy atom. The lowest BCUT2D eigenvalue weighted by atomic mass is 10.3. The molecule has 0 atom stereocenters. The lowest BCUT2D eigenvalue weighted by molar-refractivity contribution is 0.577. The molecule has 0 radical (unpaired) electrons. The molecule has 0 spiro atoms. The number of rotatable bonds is 2. The molecule has 2 heterocycles. The average molecular weight is 278 g/mol. The molecule has 0 aliphatic carbocycles. The van der Waals surface area contributed by atoms with Crippen LogP contribution < -0.4 is 5.73 Å². The summed E-state index contributed by atoms with van der Waals surface area (Å²) in [6.07, 6.45) is 4.90. The number of imidazole rings is 1. The summed E-state index contributed by atoms with van der Waals surface area (Å²) in [4.78, 5) is 8.37. The van der Waals surface area contributed by atoms with E-state index in [-0.39, 0.29) is 10.7 Å². The highest BCUT2D eigenvalue weighted by Crippen LogP contribution is 2.31. The van der Waals surface area contributed by atoms with Crippen LogP contribution in [0.15, 0.2) is 46.7 Å². The summed E-state index contributed by atoms with van der Waals surface area (Å²) in [5.41, 5.74) is 6.21. The van der Waals surface area contributed by atoms with Crippen LogP contribution in [0.2, 0.25) is 0 Å². The molecule has 96 valence electrons.